The van der Waals surface area contributed by atoms with Crippen molar-refractivity contribution < 1.29 is 29.5 Å². The number of carbonyl (C=O) groups is 1. The Balaban J connectivity index is 1.85. The number of carbonyl (C=O) groups excluding carboxylic acids is 1. The van der Waals surface area contributed by atoms with Crippen molar-refractivity contribution in [1.82, 2.24) is 0 Å². The third-order valence-corrected chi connectivity index (χ3v) is 7.86. The van der Waals surface area contributed by atoms with Gasteiger partial charge in [-0.2, -0.15) is 0 Å². The van der Waals surface area contributed by atoms with E-state index in [1.54, 1.807) is 0 Å². The first-order valence-corrected chi connectivity index (χ1v) is 13.8. The summed E-state index contributed by atoms with van der Waals surface area (Å²) >= 11 is 0. The molecule has 6 heteroatoms. The minimum Gasteiger partial charge on any atom is -0.396 e. The molecule has 4 atom stereocenters. The highest BCUT2D eigenvalue weighted by atomic mass is 17.1. The lowest BCUT2D eigenvalue weighted by atomic mass is 9.82. The van der Waals surface area contributed by atoms with Gasteiger partial charge in [-0.05, 0) is 56.3 Å². The zero-order chi connectivity index (χ0) is 24.8. The van der Waals surface area contributed by atoms with Crippen LogP contribution in [0.25, 0.3) is 0 Å². The highest BCUT2D eigenvalue weighted by Crippen LogP contribution is 2.42. The number of ether oxygens (including phenoxy) is 2. The maximum atomic E-state index is 12.8. The van der Waals surface area contributed by atoms with Crippen molar-refractivity contribution in [3.05, 3.63) is 12.2 Å². The second kappa shape index (κ2) is 16.1. The molecule has 2 fully saturated rings. The summed E-state index contributed by atoms with van der Waals surface area (Å²) < 4.78 is 12.2. The Morgan fingerprint density at radius 1 is 1.09 bits per heavy atom. The van der Waals surface area contributed by atoms with Crippen LogP contribution in [-0.4, -0.2) is 47.9 Å². The summed E-state index contributed by atoms with van der Waals surface area (Å²) in [6.45, 7) is 7.67. The predicted molar refractivity (Wildman–Crippen MR) is 134 cm³/mol. The number of hydrogen-bond donors (Lipinski definition) is 2. The number of allylic oxidation sites excluding steroid dienone is 2. The van der Waals surface area contributed by atoms with Crippen molar-refractivity contribution in [3.8, 4) is 0 Å². The lowest BCUT2D eigenvalue weighted by molar-refractivity contribution is -0.289. The Labute approximate surface area is 207 Å². The molecule has 0 spiro atoms. The smallest absolute Gasteiger partial charge is 0.168 e. The number of aliphatic hydroxyl groups excluding tert-OH is 1. The molecule has 0 aromatic heterocycles. The second-order valence-electron chi connectivity index (χ2n) is 10.7. The Morgan fingerprint density at radius 3 is 2.47 bits per heavy atom. The highest BCUT2D eigenvalue weighted by Gasteiger charge is 2.44. The summed E-state index contributed by atoms with van der Waals surface area (Å²) in [6.07, 6.45) is 16.7. The van der Waals surface area contributed by atoms with Gasteiger partial charge in [0.2, 0.25) is 0 Å². The van der Waals surface area contributed by atoms with Gasteiger partial charge in [0, 0.05) is 31.8 Å². The Morgan fingerprint density at radius 2 is 1.82 bits per heavy atom. The third kappa shape index (κ3) is 9.34. The number of Topliss-reactive ketones (excluding diaryl/α,β-unsaturated/α-hetero) is 1. The summed E-state index contributed by atoms with van der Waals surface area (Å²) in [5.74, 6) is 0.265. The molecule has 1 saturated heterocycles. The van der Waals surface area contributed by atoms with Gasteiger partial charge in [-0.25, -0.2) is 4.89 Å². The largest absolute Gasteiger partial charge is 0.396 e. The van der Waals surface area contributed by atoms with Gasteiger partial charge >= 0.3 is 0 Å². The van der Waals surface area contributed by atoms with Crippen LogP contribution in [0, 0.1) is 23.7 Å². The van der Waals surface area contributed by atoms with Gasteiger partial charge in [0.25, 0.3) is 0 Å². The van der Waals surface area contributed by atoms with Crippen LogP contribution in [0.2, 0.25) is 0 Å². The van der Waals surface area contributed by atoms with Gasteiger partial charge in [-0.1, -0.05) is 58.6 Å². The molecule has 34 heavy (non-hydrogen) atoms. The third-order valence-electron chi connectivity index (χ3n) is 7.86. The van der Waals surface area contributed by atoms with Gasteiger partial charge in [0.1, 0.15) is 5.78 Å². The average Bonchev–Trinajstić information content (AvgIpc) is 3.41. The lowest BCUT2D eigenvalue weighted by Gasteiger charge is -2.31. The molecule has 198 valence electrons. The van der Waals surface area contributed by atoms with Gasteiger partial charge in [0.15, 0.2) is 5.79 Å². The quantitative estimate of drug-likeness (QED) is 0.103. The summed E-state index contributed by atoms with van der Waals surface area (Å²) in [7, 11) is 0. The fourth-order valence-corrected chi connectivity index (χ4v) is 5.67. The van der Waals surface area contributed by atoms with Crippen molar-refractivity contribution in [2.24, 2.45) is 23.7 Å². The molecule has 1 aliphatic carbocycles. The molecule has 0 bridgehead atoms. The van der Waals surface area contributed by atoms with Crippen molar-refractivity contribution in [2.45, 2.75) is 116 Å². The first-order valence-electron chi connectivity index (χ1n) is 13.8. The zero-order valence-corrected chi connectivity index (χ0v) is 21.9. The molecule has 0 aromatic rings. The van der Waals surface area contributed by atoms with Crippen molar-refractivity contribution >= 4 is 5.78 Å². The maximum absolute atomic E-state index is 12.8. The van der Waals surface area contributed by atoms with Gasteiger partial charge < -0.3 is 14.6 Å². The van der Waals surface area contributed by atoms with E-state index in [1.807, 2.05) is 13.8 Å². The standard InChI is InChI=1S/C28H50O6/c1-4-5-6-9-12-16-28(32-18-19-33-28)17-15-24-23(21-29)20-26(30)25(24)13-10-7-8-11-14-27(34-31)22(2)3/h7,10,22-25,27,29,31H,4-6,8-9,11-21H2,1-3H3/b10-7-/t23-,24-,25+,27?/m0/s1. The van der Waals surface area contributed by atoms with Crippen LogP contribution in [0.3, 0.4) is 0 Å². The molecule has 6 nitrogen and oxygen atoms in total. The van der Waals surface area contributed by atoms with E-state index in [2.05, 4.69) is 24.0 Å². The Kier molecular flexibility index (Phi) is 13.9. The minimum atomic E-state index is -0.500. The van der Waals surface area contributed by atoms with E-state index in [4.69, 9.17) is 14.7 Å². The van der Waals surface area contributed by atoms with E-state index < -0.39 is 5.79 Å². The first-order chi connectivity index (χ1) is 16.5. The monoisotopic (exact) mass is 482 g/mol. The molecule has 1 unspecified atom stereocenters. The SMILES string of the molecule is CCCCCCCC1(CC[C@H]2[C@H](CO)CC(=O)[C@@H]2C/C=C\CCCC(OO)C(C)C)OCCO1. The number of unbranched alkanes of at least 4 members (excludes halogenated alkanes) is 5. The molecule has 2 aliphatic rings. The minimum absolute atomic E-state index is 0.0272. The second-order valence-corrected chi connectivity index (χ2v) is 10.7. The highest BCUT2D eigenvalue weighted by molar-refractivity contribution is 5.84. The van der Waals surface area contributed by atoms with E-state index in [0.29, 0.717) is 19.6 Å². The number of rotatable bonds is 18. The molecule has 1 saturated carbocycles. The summed E-state index contributed by atoms with van der Waals surface area (Å²) in [4.78, 5) is 17.3. The van der Waals surface area contributed by atoms with Crippen LogP contribution in [0.15, 0.2) is 12.2 Å². The van der Waals surface area contributed by atoms with Crippen molar-refractivity contribution in [2.75, 3.05) is 19.8 Å². The maximum Gasteiger partial charge on any atom is 0.168 e. The van der Waals surface area contributed by atoms with Crippen LogP contribution in [0.5, 0.6) is 0 Å². The molecule has 0 amide bonds. The molecular weight excluding hydrogens is 432 g/mol. The molecule has 2 rings (SSSR count). The van der Waals surface area contributed by atoms with Gasteiger partial charge in [-0.15, -0.1) is 0 Å². The fourth-order valence-electron chi connectivity index (χ4n) is 5.67. The number of ketones is 1. The van der Waals surface area contributed by atoms with Crippen LogP contribution < -0.4 is 0 Å². The summed E-state index contributed by atoms with van der Waals surface area (Å²) in [5.41, 5.74) is 0. The predicted octanol–water partition coefficient (Wildman–Crippen LogP) is 6.31. The average molecular weight is 483 g/mol. The summed E-state index contributed by atoms with van der Waals surface area (Å²) in [6, 6.07) is 0. The van der Waals surface area contributed by atoms with Gasteiger partial charge in [0.05, 0.1) is 19.3 Å². The van der Waals surface area contributed by atoms with E-state index in [-0.39, 0.29) is 42.2 Å². The van der Waals surface area contributed by atoms with Gasteiger partial charge in [-0.3, -0.25) is 10.1 Å². The molecular formula is C28H50O6. The van der Waals surface area contributed by atoms with Crippen LogP contribution >= 0.6 is 0 Å². The van der Waals surface area contributed by atoms with Crippen molar-refractivity contribution in [1.29, 1.82) is 0 Å². The summed E-state index contributed by atoms with van der Waals surface area (Å²) in [5, 5.41) is 18.9. The van der Waals surface area contributed by atoms with Crippen LogP contribution in [0.1, 0.15) is 104 Å². The van der Waals surface area contributed by atoms with Crippen LogP contribution in [0.4, 0.5) is 0 Å². The van der Waals surface area contributed by atoms with E-state index >= 15 is 0 Å². The number of aliphatic hydroxyl groups is 1. The lowest BCUT2D eigenvalue weighted by Crippen LogP contribution is -2.32. The van der Waals surface area contributed by atoms with E-state index in [1.165, 1.54) is 25.7 Å². The normalized spacial score (nSPS) is 25.7. The molecule has 2 N–H and O–H groups in total. The molecule has 1 heterocycles. The first kappa shape index (κ1) is 29.4. The topological polar surface area (TPSA) is 85.2 Å². The molecule has 1 aliphatic heterocycles. The number of hydrogen-bond acceptors (Lipinski definition) is 6. The van der Waals surface area contributed by atoms with E-state index in [0.717, 1.165) is 51.4 Å². The van der Waals surface area contributed by atoms with E-state index in [9.17, 15) is 9.90 Å². The fraction of sp³-hybridized carbons (Fsp3) is 0.893. The molecule has 0 aromatic carbocycles. The molecule has 0 radical (unpaired) electrons. The Bertz CT molecular complexity index is 583. The Hall–Kier alpha value is -0.790. The van der Waals surface area contributed by atoms with Crippen LogP contribution in [-0.2, 0) is 19.2 Å². The van der Waals surface area contributed by atoms with Crippen molar-refractivity contribution in [3.63, 3.8) is 0 Å². The zero-order valence-electron chi connectivity index (χ0n) is 21.9.